The van der Waals surface area contributed by atoms with Gasteiger partial charge in [-0.2, -0.15) is 0 Å². The first-order valence-corrected chi connectivity index (χ1v) is 8.00. The lowest BCUT2D eigenvalue weighted by molar-refractivity contribution is 0.269. The summed E-state index contributed by atoms with van der Waals surface area (Å²) in [7, 11) is 0. The fourth-order valence-electron chi connectivity index (χ4n) is 3.39. The molecule has 1 aliphatic rings. The van der Waals surface area contributed by atoms with E-state index >= 15 is 0 Å². The van der Waals surface area contributed by atoms with Crippen LogP contribution in [0.5, 0.6) is 0 Å². The third-order valence-electron chi connectivity index (χ3n) is 4.71. The first-order valence-electron chi connectivity index (χ1n) is 8.00. The molecule has 0 radical (unpaired) electrons. The molecule has 1 heteroatoms. The Bertz CT molecular complexity index is 391. The Morgan fingerprint density at radius 1 is 1.11 bits per heavy atom. The second-order valence-corrected chi connectivity index (χ2v) is 6.18. The monoisotopic (exact) mass is 259 g/mol. The fourth-order valence-corrected chi connectivity index (χ4v) is 3.39. The van der Waals surface area contributed by atoms with E-state index in [1.165, 1.54) is 55.2 Å². The molecule has 0 aliphatic heterocycles. The van der Waals surface area contributed by atoms with Crippen LogP contribution in [0.1, 0.15) is 55.7 Å². The topological polar surface area (TPSA) is 12.0 Å². The summed E-state index contributed by atoms with van der Waals surface area (Å²) in [4.78, 5) is 0. The summed E-state index contributed by atoms with van der Waals surface area (Å²) < 4.78 is 0. The van der Waals surface area contributed by atoms with Gasteiger partial charge in [0.25, 0.3) is 0 Å². The maximum absolute atomic E-state index is 3.73. The SMILES string of the molecule is CCNC(Cc1ccc(C)c(C)c1)C1CCCCC1. The second-order valence-electron chi connectivity index (χ2n) is 6.18. The first kappa shape index (κ1) is 14.6. The minimum Gasteiger partial charge on any atom is -0.314 e. The van der Waals surface area contributed by atoms with Crippen LogP contribution in [-0.4, -0.2) is 12.6 Å². The molecule has 1 fully saturated rings. The molecule has 1 atom stereocenters. The number of nitrogens with one attached hydrogen (secondary N) is 1. The maximum Gasteiger partial charge on any atom is 0.0136 e. The van der Waals surface area contributed by atoms with E-state index in [9.17, 15) is 0 Å². The molecule has 1 aromatic carbocycles. The van der Waals surface area contributed by atoms with Gasteiger partial charge in [0.05, 0.1) is 0 Å². The number of hydrogen-bond acceptors (Lipinski definition) is 1. The van der Waals surface area contributed by atoms with Gasteiger partial charge in [-0.15, -0.1) is 0 Å². The van der Waals surface area contributed by atoms with Gasteiger partial charge in [-0.3, -0.25) is 0 Å². The number of likely N-dealkylation sites (N-methyl/N-ethyl adjacent to an activating group) is 1. The Balaban J connectivity index is 2.04. The summed E-state index contributed by atoms with van der Waals surface area (Å²) in [5, 5.41) is 3.73. The van der Waals surface area contributed by atoms with E-state index in [0.717, 1.165) is 12.5 Å². The molecular formula is C18H29N. The van der Waals surface area contributed by atoms with E-state index in [4.69, 9.17) is 0 Å². The highest BCUT2D eigenvalue weighted by Crippen LogP contribution is 2.28. The Morgan fingerprint density at radius 2 is 1.84 bits per heavy atom. The molecule has 0 spiro atoms. The molecule has 0 saturated heterocycles. The Labute approximate surface area is 118 Å². The van der Waals surface area contributed by atoms with Crippen molar-refractivity contribution in [2.24, 2.45) is 5.92 Å². The smallest absolute Gasteiger partial charge is 0.0136 e. The quantitative estimate of drug-likeness (QED) is 0.826. The lowest BCUT2D eigenvalue weighted by Gasteiger charge is -2.31. The van der Waals surface area contributed by atoms with Gasteiger partial charge in [-0.1, -0.05) is 44.4 Å². The molecule has 1 nitrogen and oxygen atoms in total. The van der Waals surface area contributed by atoms with Gasteiger partial charge >= 0.3 is 0 Å². The molecule has 2 rings (SSSR count). The lowest BCUT2D eigenvalue weighted by atomic mass is 9.81. The minimum absolute atomic E-state index is 0.674. The Kier molecular flexibility index (Phi) is 5.45. The molecule has 1 unspecified atom stereocenters. The van der Waals surface area contributed by atoms with E-state index in [0.29, 0.717) is 6.04 Å². The number of aryl methyl sites for hydroxylation is 2. The molecule has 19 heavy (non-hydrogen) atoms. The summed E-state index contributed by atoms with van der Waals surface area (Å²) in [5.74, 6) is 0.885. The highest BCUT2D eigenvalue weighted by molar-refractivity contribution is 5.30. The summed E-state index contributed by atoms with van der Waals surface area (Å²) in [6.07, 6.45) is 8.34. The van der Waals surface area contributed by atoms with Gasteiger partial charge < -0.3 is 5.32 Å². The van der Waals surface area contributed by atoms with E-state index < -0.39 is 0 Å². The van der Waals surface area contributed by atoms with Gasteiger partial charge in [-0.25, -0.2) is 0 Å². The van der Waals surface area contributed by atoms with Crippen molar-refractivity contribution in [1.29, 1.82) is 0 Å². The van der Waals surface area contributed by atoms with Crippen molar-refractivity contribution in [1.82, 2.24) is 5.32 Å². The Morgan fingerprint density at radius 3 is 2.47 bits per heavy atom. The van der Waals surface area contributed by atoms with Crippen LogP contribution >= 0.6 is 0 Å². The molecule has 0 aromatic heterocycles. The standard InChI is InChI=1S/C18H29N/c1-4-19-18(17-8-6-5-7-9-17)13-16-11-10-14(2)15(3)12-16/h10-12,17-19H,4-9,13H2,1-3H3. The average molecular weight is 259 g/mol. The van der Waals surface area contributed by atoms with Crippen LogP contribution in [0.15, 0.2) is 18.2 Å². The molecule has 0 bridgehead atoms. The van der Waals surface area contributed by atoms with Gasteiger partial charge in [0.1, 0.15) is 0 Å². The maximum atomic E-state index is 3.73. The van der Waals surface area contributed by atoms with Crippen molar-refractivity contribution >= 4 is 0 Å². The van der Waals surface area contributed by atoms with Gasteiger partial charge in [-0.05, 0) is 62.3 Å². The number of rotatable bonds is 5. The van der Waals surface area contributed by atoms with Crippen LogP contribution in [0.2, 0.25) is 0 Å². The zero-order valence-electron chi connectivity index (χ0n) is 12.8. The normalized spacial score (nSPS) is 18.5. The fraction of sp³-hybridized carbons (Fsp3) is 0.667. The summed E-state index contributed by atoms with van der Waals surface area (Å²) in [6.45, 7) is 7.74. The van der Waals surface area contributed by atoms with Crippen molar-refractivity contribution < 1.29 is 0 Å². The van der Waals surface area contributed by atoms with Crippen molar-refractivity contribution in [2.45, 2.75) is 65.3 Å². The molecule has 0 heterocycles. The molecule has 1 saturated carbocycles. The van der Waals surface area contributed by atoms with Crippen molar-refractivity contribution in [3.05, 3.63) is 34.9 Å². The summed E-state index contributed by atoms with van der Waals surface area (Å²) in [6, 6.07) is 7.64. The Hall–Kier alpha value is -0.820. The third kappa shape index (κ3) is 4.07. The van der Waals surface area contributed by atoms with Crippen LogP contribution in [0, 0.1) is 19.8 Å². The molecule has 0 amide bonds. The predicted octanol–water partition coefficient (Wildman–Crippen LogP) is 4.40. The van der Waals surface area contributed by atoms with Crippen molar-refractivity contribution in [2.75, 3.05) is 6.54 Å². The van der Waals surface area contributed by atoms with Crippen LogP contribution in [-0.2, 0) is 6.42 Å². The van der Waals surface area contributed by atoms with Crippen molar-refractivity contribution in [3.8, 4) is 0 Å². The summed E-state index contributed by atoms with van der Waals surface area (Å²) in [5.41, 5.74) is 4.33. The van der Waals surface area contributed by atoms with Gasteiger partial charge in [0.2, 0.25) is 0 Å². The van der Waals surface area contributed by atoms with E-state index in [1.54, 1.807) is 0 Å². The van der Waals surface area contributed by atoms with E-state index in [1.807, 2.05) is 0 Å². The molecule has 1 aromatic rings. The summed E-state index contributed by atoms with van der Waals surface area (Å²) >= 11 is 0. The van der Waals surface area contributed by atoms with E-state index in [-0.39, 0.29) is 0 Å². The van der Waals surface area contributed by atoms with Crippen molar-refractivity contribution in [3.63, 3.8) is 0 Å². The first-order chi connectivity index (χ1) is 9.20. The van der Waals surface area contributed by atoms with Crippen LogP contribution in [0.4, 0.5) is 0 Å². The molecule has 106 valence electrons. The second kappa shape index (κ2) is 7.09. The predicted molar refractivity (Wildman–Crippen MR) is 83.7 cm³/mol. The number of benzene rings is 1. The number of hydrogen-bond donors (Lipinski definition) is 1. The van der Waals surface area contributed by atoms with Crippen LogP contribution in [0.25, 0.3) is 0 Å². The van der Waals surface area contributed by atoms with Gasteiger partial charge in [0.15, 0.2) is 0 Å². The highest BCUT2D eigenvalue weighted by Gasteiger charge is 2.23. The zero-order valence-corrected chi connectivity index (χ0v) is 12.8. The minimum atomic E-state index is 0.674. The molecule has 1 aliphatic carbocycles. The third-order valence-corrected chi connectivity index (χ3v) is 4.71. The zero-order chi connectivity index (χ0) is 13.7. The van der Waals surface area contributed by atoms with E-state index in [2.05, 4.69) is 44.3 Å². The lowest BCUT2D eigenvalue weighted by Crippen LogP contribution is -2.39. The highest BCUT2D eigenvalue weighted by atomic mass is 14.9. The van der Waals surface area contributed by atoms with Crippen LogP contribution in [0.3, 0.4) is 0 Å². The van der Waals surface area contributed by atoms with Gasteiger partial charge in [0, 0.05) is 6.04 Å². The average Bonchev–Trinajstić information content (AvgIpc) is 2.43. The van der Waals surface area contributed by atoms with Crippen LogP contribution < -0.4 is 5.32 Å². The molecule has 1 N–H and O–H groups in total. The largest absolute Gasteiger partial charge is 0.314 e. The molecular weight excluding hydrogens is 230 g/mol.